The van der Waals surface area contributed by atoms with Crippen molar-refractivity contribution >= 4 is 38.2 Å². The van der Waals surface area contributed by atoms with Crippen LogP contribution in [0.4, 0.5) is 5.00 Å². The summed E-state index contributed by atoms with van der Waals surface area (Å²) in [5.74, 6) is 0.320. The molecule has 21 heavy (non-hydrogen) atoms. The Balaban J connectivity index is 2.35. The molecule has 0 saturated heterocycles. The normalized spacial score (nSPS) is 10.0. The maximum absolute atomic E-state index is 12.4. The minimum Gasteiger partial charge on any atom is -0.497 e. The van der Waals surface area contributed by atoms with E-state index in [9.17, 15) is 10.1 Å². The van der Waals surface area contributed by atoms with Gasteiger partial charge in [0.05, 0.1) is 18.2 Å². The maximum atomic E-state index is 12.4. The molecule has 0 fully saturated rings. The summed E-state index contributed by atoms with van der Waals surface area (Å²) in [5.41, 5.74) is 1.88. The number of hydrogen-bond acceptors (Lipinski definition) is 4. The van der Waals surface area contributed by atoms with Crippen molar-refractivity contribution in [3.05, 3.63) is 44.2 Å². The third-order valence-corrected chi connectivity index (χ3v) is 4.96. The quantitative estimate of drug-likeness (QED) is 0.884. The van der Waals surface area contributed by atoms with Crippen LogP contribution in [0, 0.1) is 25.2 Å². The van der Waals surface area contributed by atoms with Crippen molar-refractivity contribution in [3.8, 4) is 11.8 Å². The van der Waals surface area contributed by atoms with Crippen molar-refractivity contribution in [1.82, 2.24) is 0 Å². The molecule has 1 aromatic carbocycles. The van der Waals surface area contributed by atoms with Gasteiger partial charge in [-0.2, -0.15) is 5.26 Å². The van der Waals surface area contributed by atoms with Gasteiger partial charge in [-0.15, -0.1) is 11.3 Å². The van der Waals surface area contributed by atoms with Crippen molar-refractivity contribution in [2.24, 2.45) is 0 Å². The highest BCUT2D eigenvalue weighted by Gasteiger charge is 2.17. The molecule has 1 aromatic heterocycles. The fourth-order valence-corrected chi connectivity index (χ4v) is 3.26. The number of halogens is 1. The minimum absolute atomic E-state index is 0.279. The Bertz CT molecular complexity index is 747. The summed E-state index contributed by atoms with van der Waals surface area (Å²) >= 11 is 4.75. The summed E-state index contributed by atoms with van der Waals surface area (Å²) in [6.45, 7) is 3.81. The number of aryl methyl sites for hydroxylation is 1. The van der Waals surface area contributed by atoms with Gasteiger partial charge < -0.3 is 10.1 Å². The lowest BCUT2D eigenvalue weighted by molar-refractivity contribution is 0.102. The highest BCUT2D eigenvalue weighted by Crippen LogP contribution is 2.32. The molecule has 4 nitrogen and oxygen atoms in total. The van der Waals surface area contributed by atoms with Gasteiger partial charge in [-0.25, -0.2) is 0 Å². The standard InChI is InChI=1S/C15H13BrN2O2S/c1-8-9(2)21-15(12(8)7-17)18-14(19)11-6-10(20-3)4-5-13(11)16/h4-6H,1-3H3,(H,18,19). The van der Waals surface area contributed by atoms with Crippen molar-refractivity contribution in [2.75, 3.05) is 12.4 Å². The van der Waals surface area contributed by atoms with Gasteiger partial charge in [0.25, 0.3) is 5.91 Å². The van der Waals surface area contributed by atoms with Gasteiger partial charge in [0, 0.05) is 9.35 Å². The second kappa shape index (κ2) is 6.29. The van der Waals surface area contributed by atoms with E-state index < -0.39 is 0 Å². The third kappa shape index (κ3) is 3.09. The molecule has 2 rings (SSSR count). The number of nitrogens with zero attached hydrogens (tertiary/aromatic N) is 1. The Hall–Kier alpha value is -1.84. The summed E-state index contributed by atoms with van der Waals surface area (Å²) in [5, 5.41) is 12.6. The van der Waals surface area contributed by atoms with Gasteiger partial charge in [0.15, 0.2) is 0 Å². The fourth-order valence-electron chi connectivity index (χ4n) is 1.83. The van der Waals surface area contributed by atoms with E-state index in [2.05, 4.69) is 27.3 Å². The number of thiophene rings is 1. The smallest absolute Gasteiger partial charge is 0.257 e. The summed E-state index contributed by atoms with van der Waals surface area (Å²) in [6, 6.07) is 7.31. The first kappa shape index (κ1) is 15.5. The number of carbonyl (C=O) groups excluding carboxylic acids is 1. The van der Waals surface area contributed by atoms with Gasteiger partial charge in [-0.05, 0) is 53.5 Å². The summed E-state index contributed by atoms with van der Waals surface area (Å²) in [7, 11) is 1.55. The zero-order chi connectivity index (χ0) is 15.6. The number of rotatable bonds is 3. The summed E-state index contributed by atoms with van der Waals surface area (Å²) < 4.78 is 5.80. The van der Waals surface area contributed by atoms with Crippen molar-refractivity contribution in [3.63, 3.8) is 0 Å². The van der Waals surface area contributed by atoms with Crippen LogP contribution in [0.5, 0.6) is 5.75 Å². The van der Waals surface area contributed by atoms with E-state index in [-0.39, 0.29) is 5.91 Å². The number of benzene rings is 1. The van der Waals surface area contributed by atoms with E-state index in [1.54, 1.807) is 25.3 Å². The molecule has 1 N–H and O–H groups in total. The number of amides is 1. The lowest BCUT2D eigenvalue weighted by atomic mass is 10.1. The molecule has 0 aliphatic heterocycles. The summed E-state index contributed by atoms with van der Waals surface area (Å²) in [6.07, 6.45) is 0. The minimum atomic E-state index is -0.279. The van der Waals surface area contributed by atoms with Crippen LogP contribution in [0.1, 0.15) is 26.4 Å². The van der Waals surface area contributed by atoms with E-state index >= 15 is 0 Å². The highest BCUT2D eigenvalue weighted by atomic mass is 79.9. The number of nitrogens with one attached hydrogen (secondary N) is 1. The van der Waals surface area contributed by atoms with Gasteiger partial charge in [-0.1, -0.05) is 0 Å². The van der Waals surface area contributed by atoms with Crippen LogP contribution in [-0.4, -0.2) is 13.0 Å². The molecule has 0 unspecified atom stereocenters. The second-order valence-electron chi connectivity index (χ2n) is 4.40. The Morgan fingerprint density at radius 1 is 1.43 bits per heavy atom. The first-order chi connectivity index (χ1) is 9.97. The fraction of sp³-hybridized carbons (Fsp3) is 0.200. The van der Waals surface area contributed by atoms with E-state index in [1.165, 1.54) is 11.3 Å². The van der Waals surface area contributed by atoms with Crippen LogP contribution >= 0.6 is 27.3 Å². The first-order valence-corrected chi connectivity index (χ1v) is 7.73. The number of nitriles is 1. The molecule has 0 radical (unpaired) electrons. The molecule has 1 amide bonds. The molecule has 0 aliphatic carbocycles. The highest BCUT2D eigenvalue weighted by molar-refractivity contribution is 9.10. The van der Waals surface area contributed by atoms with Crippen molar-refractivity contribution < 1.29 is 9.53 Å². The second-order valence-corrected chi connectivity index (χ2v) is 6.48. The van der Waals surface area contributed by atoms with Crippen LogP contribution in [0.3, 0.4) is 0 Å². The molecule has 0 atom stereocenters. The van der Waals surface area contributed by atoms with Gasteiger partial charge in [-0.3, -0.25) is 4.79 Å². The Morgan fingerprint density at radius 2 is 2.14 bits per heavy atom. The lowest BCUT2D eigenvalue weighted by Crippen LogP contribution is -2.12. The Morgan fingerprint density at radius 3 is 2.76 bits per heavy atom. The molecule has 6 heteroatoms. The third-order valence-electron chi connectivity index (χ3n) is 3.14. The molecule has 108 valence electrons. The molecular formula is C15H13BrN2O2S. The molecule has 0 bridgehead atoms. The van der Waals surface area contributed by atoms with E-state index in [1.807, 2.05) is 13.8 Å². The Kier molecular flexibility index (Phi) is 4.66. The molecule has 1 heterocycles. The van der Waals surface area contributed by atoms with Crippen molar-refractivity contribution in [2.45, 2.75) is 13.8 Å². The molecule has 0 spiro atoms. The predicted molar refractivity (Wildman–Crippen MR) is 87.2 cm³/mol. The van der Waals surface area contributed by atoms with Gasteiger partial charge in [0.2, 0.25) is 0 Å². The molecule has 2 aromatic rings. The zero-order valence-electron chi connectivity index (χ0n) is 11.8. The largest absolute Gasteiger partial charge is 0.497 e. The molecule has 0 saturated carbocycles. The van der Waals surface area contributed by atoms with Crippen LogP contribution < -0.4 is 10.1 Å². The van der Waals surface area contributed by atoms with E-state index in [0.29, 0.717) is 26.4 Å². The number of anilines is 1. The number of ether oxygens (including phenoxy) is 1. The summed E-state index contributed by atoms with van der Waals surface area (Å²) in [4.78, 5) is 13.4. The Labute approximate surface area is 135 Å². The number of carbonyl (C=O) groups is 1. The molecular weight excluding hydrogens is 352 g/mol. The monoisotopic (exact) mass is 364 g/mol. The average Bonchev–Trinajstić information content (AvgIpc) is 2.73. The first-order valence-electron chi connectivity index (χ1n) is 6.13. The van der Waals surface area contributed by atoms with Crippen LogP contribution in [0.15, 0.2) is 22.7 Å². The van der Waals surface area contributed by atoms with Crippen molar-refractivity contribution in [1.29, 1.82) is 5.26 Å². The SMILES string of the molecule is COc1ccc(Br)c(C(=O)Nc2sc(C)c(C)c2C#N)c1. The van der Waals surface area contributed by atoms with Crippen LogP contribution in [-0.2, 0) is 0 Å². The van der Waals surface area contributed by atoms with E-state index in [4.69, 9.17) is 4.74 Å². The van der Waals surface area contributed by atoms with Crippen LogP contribution in [0.25, 0.3) is 0 Å². The number of methoxy groups -OCH3 is 1. The van der Waals surface area contributed by atoms with Gasteiger partial charge in [0.1, 0.15) is 16.8 Å². The average molecular weight is 365 g/mol. The van der Waals surface area contributed by atoms with Gasteiger partial charge >= 0.3 is 0 Å². The van der Waals surface area contributed by atoms with Crippen LogP contribution in [0.2, 0.25) is 0 Å². The number of hydrogen-bond donors (Lipinski definition) is 1. The zero-order valence-corrected chi connectivity index (χ0v) is 14.2. The maximum Gasteiger partial charge on any atom is 0.257 e. The predicted octanol–water partition coefficient (Wildman–Crippen LogP) is 4.26. The lowest BCUT2D eigenvalue weighted by Gasteiger charge is -2.07. The molecule has 0 aliphatic rings. The van der Waals surface area contributed by atoms with E-state index in [0.717, 1.165) is 10.4 Å². The topological polar surface area (TPSA) is 62.1 Å².